The van der Waals surface area contributed by atoms with Crippen molar-refractivity contribution >= 4 is 12.0 Å². The number of carbonyl (C=O) groups excluding carboxylic acids is 1. The number of hydrogen-bond acceptors (Lipinski definition) is 4. The first-order valence-electron chi connectivity index (χ1n) is 7.43. The normalized spacial score (nSPS) is 28.9. The Morgan fingerprint density at radius 3 is 2.81 bits per heavy atom. The number of carboxylic acid groups (broad SMARTS) is 1. The Labute approximate surface area is 124 Å². The fraction of sp³-hybridized carbons (Fsp3) is 0.857. The second-order valence-electron chi connectivity index (χ2n) is 5.67. The number of urea groups is 1. The minimum absolute atomic E-state index is 0.0853. The summed E-state index contributed by atoms with van der Waals surface area (Å²) >= 11 is 0. The first-order chi connectivity index (χ1) is 10.1. The van der Waals surface area contributed by atoms with E-state index in [9.17, 15) is 14.7 Å². The Morgan fingerprint density at radius 2 is 2.19 bits per heavy atom. The van der Waals surface area contributed by atoms with Crippen molar-refractivity contribution in [1.29, 1.82) is 0 Å². The molecule has 3 atom stereocenters. The molecule has 3 unspecified atom stereocenters. The molecule has 120 valence electrons. The van der Waals surface area contributed by atoms with Crippen molar-refractivity contribution in [2.24, 2.45) is 11.8 Å². The third-order valence-corrected chi connectivity index (χ3v) is 4.31. The Morgan fingerprint density at radius 1 is 1.43 bits per heavy atom. The molecule has 2 rings (SSSR count). The zero-order valence-electron chi connectivity index (χ0n) is 12.7. The topological polar surface area (TPSA) is 79.3 Å². The van der Waals surface area contributed by atoms with Gasteiger partial charge in [0, 0.05) is 32.7 Å². The molecule has 0 aromatic carbocycles. The molecule has 2 fully saturated rings. The van der Waals surface area contributed by atoms with Gasteiger partial charge in [0.05, 0.1) is 25.9 Å². The molecular formula is C14H24N2O5. The van der Waals surface area contributed by atoms with Crippen LogP contribution in [0.5, 0.6) is 0 Å². The fourth-order valence-electron chi connectivity index (χ4n) is 3.16. The zero-order valence-corrected chi connectivity index (χ0v) is 12.7. The first kappa shape index (κ1) is 16.0. The number of likely N-dealkylation sites (N-methyl/N-ethyl adjacent to an activating group) is 1. The van der Waals surface area contributed by atoms with Gasteiger partial charge in [-0.25, -0.2) is 4.79 Å². The second-order valence-corrected chi connectivity index (χ2v) is 5.67. The van der Waals surface area contributed by atoms with E-state index >= 15 is 0 Å². The van der Waals surface area contributed by atoms with Crippen LogP contribution >= 0.6 is 0 Å². The van der Waals surface area contributed by atoms with E-state index in [1.165, 1.54) is 0 Å². The van der Waals surface area contributed by atoms with Crippen LogP contribution in [-0.4, -0.2) is 79.5 Å². The quantitative estimate of drug-likeness (QED) is 0.799. The highest BCUT2D eigenvalue weighted by Gasteiger charge is 2.41. The summed E-state index contributed by atoms with van der Waals surface area (Å²) in [4.78, 5) is 27.3. The van der Waals surface area contributed by atoms with E-state index in [0.29, 0.717) is 38.8 Å². The van der Waals surface area contributed by atoms with Gasteiger partial charge in [-0.3, -0.25) is 4.79 Å². The van der Waals surface area contributed by atoms with Gasteiger partial charge in [-0.1, -0.05) is 0 Å². The van der Waals surface area contributed by atoms with Crippen LogP contribution in [0.4, 0.5) is 4.79 Å². The Hall–Kier alpha value is -1.34. The molecule has 7 heteroatoms. The van der Waals surface area contributed by atoms with E-state index in [2.05, 4.69) is 0 Å². The number of nitrogens with zero attached hydrogens (tertiary/aromatic N) is 2. The predicted molar refractivity (Wildman–Crippen MR) is 75.1 cm³/mol. The predicted octanol–water partition coefficient (Wildman–Crippen LogP) is 0.496. The molecule has 0 aromatic rings. The molecule has 1 N–H and O–H groups in total. The standard InChI is InChI=1S/C14H24N2O5/c1-3-16(12-9-21-8-11(12)13(17)18)14(19)15-5-4-10(6-15)7-20-2/h10-12H,3-9H2,1-2H3,(H,17,18). The molecule has 2 heterocycles. The SMILES string of the molecule is CCN(C(=O)N1CCC(COC)C1)C1COCC1C(=O)O. The van der Waals surface area contributed by atoms with Crippen LogP contribution in [0.25, 0.3) is 0 Å². The van der Waals surface area contributed by atoms with Crippen LogP contribution in [0, 0.1) is 11.8 Å². The van der Waals surface area contributed by atoms with Crippen LogP contribution in [0.1, 0.15) is 13.3 Å². The van der Waals surface area contributed by atoms with Gasteiger partial charge in [0.15, 0.2) is 0 Å². The maximum Gasteiger partial charge on any atom is 0.320 e. The molecule has 2 aliphatic heterocycles. The van der Waals surface area contributed by atoms with Gasteiger partial charge in [-0.15, -0.1) is 0 Å². The molecule has 0 bridgehead atoms. The summed E-state index contributed by atoms with van der Waals surface area (Å²) in [5.41, 5.74) is 0. The lowest BCUT2D eigenvalue weighted by Gasteiger charge is -2.33. The third kappa shape index (κ3) is 3.47. The second kappa shape index (κ2) is 7.09. The third-order valence-electron chi connectivity index (χ3n) is 4.31. The van der Waals surface area contributed by atoms with E-state index in [0.717, 1.165) is 6.42 Å². The molecule has 7 nitrogen and oxygen atoms in total. The Kier molecular flexibility index (Phi) is 5.41. The van der Waals surface area contributed by atoms with Crippen molar-refractivity contribution in [2.75, 3.05) is 46.6 Å². The van der Waals surface area contributed by atoms with Crippen molar-refractivity contribution in [3.63, 3.8) is 0 Å². The molecule has 0 aliphatic carbocycles. The fourth-order valence-corrected chi connectivity index (χ4v) is 3.16. The van der Waals surface area contributed by atoms with E-state index in [-0.39, 0.29) is 18.7 Å². The number of rotatable bonds is 5. The summed E-state index contributed by atoms with van der Waals surface area (Å²) in [6.45, 7) is 4.87. The van der Waals surface area contributed by atoms with E-state index < -0.39 is 11.9 Å². The Bertz CT molecular complexity index is 390. The van der Waals surface area contributed by atoms with E-state index in [1.54, 1.807) is 16.9 Å². The highest BCUT2D eigenvalue weighted by Crippen LogP contribution is 2.24. The van der Waals surface area contributed by atoms with E-state index in [1.807, 2.05) is 6.92 Å². The maximum absolute atomic E-state index is 12.6. The number of hydrogen-bond donors (Lipinski definition) is 1. The molecule has 21 heavy (non-hydrogen) atoms. The monoisotopic (exact) mass is 300 g/mol. The lowest BCUT2D eigenvalue weighted by Crippen LogP contribution is -2.51. The van der Waals surface area contributed by atoms with Gasteiger partial charge in [-0.2, -0.15) is 0 Å². The lowest BCUT2D eigenvalue weighted by molar-refractivity contribution is -0.142. The highest BCUT2D eigenvalue weighted by molar-refractivity contribution is 5.77. The van der Waals surface area contributed by atoms with Gasteiger partial charge in [-0.05, 0) is 13.3 Å². The summed E-state index contributed by atoms with van der Waals surface area (Å²) < 4.78 is 10.4. The van der Waals surface area contributed by atoms with Crippen LogP contribution in [-0.2, 0) is 14.3 Å². The minimum atomic E-state index is -0.901. The van der Waals surface area contributed by atoms with Crippen LogP contribution in [0.3, 0.4) is 0 Å². The van der Waals surface area contributed by atoms with Gasteiger partial charge < -0.3 is 24.4 Å². The number of ether oxygens (including phenoxy) is 2. The average molecular weight is 300 g/mol. The average Bonchev–Trinajstić information content (AvgIpc) is 3.09. The molecular weight excluding hydrogens is 276 g/mol. The van der Waals surface area contributed by atoms with Gasteiger partial charge >= 0.3 is 12.0 Å². The van der Waals surface area contributed by atoms with Crippen molar-refractivity contribution < 1.29 is 24.2 Å². The minimum Gasteiger partial charge on any atom is -0.481 e. The summed E-state index contributed by atoms with van der Waals surface area (Å²) in [5.74, 6) is -1.17. The summed E-state index contributed by atoms with van der Waals surface area (Å²) in [6, 6.07) is -0.459. The molecule has 2 amide bonds. The summed E-state index contributed by atoms with van der Waals surface area (Å²) in [5, 5.41) is 9.24. The van der Waals surface area contributed by atoms with Crippen LogP contribution in [0.15, 0.2) is 0 Å². The zero-order chi connectivity index (χ0) is 15.4. The maximum atomic E-state index is 12.6. The van der Waals surface area contributed by atoms with Crippen LogP contribution < -0.4 is 0 Å². The van der Waals surface area contributed by atoms with Crippen molar-refractivity contribution in [3.05, 3.63) is 0 Å². The molecule has 0 aromatic heterocycles. The van der Waals surface area contributed by atoms with Crippen molar-refractivity contribution in [2.45, 2.75) is 19.4 Å². The Balaban J connectivity index is 2.00. The van der Waals surface area contributed by atoms with Crippen molar-refractivity contribution in [3.8, 4) is 0 Å². The molecule has 2 aliphatic rings. The number of aliphatic carboxylic acids is 1. The molecule has 0 radical (unpaired) electrons. The highest BCUT2D eigenvalue weighted by atomic mass is 16.5. The number of methoxy groups -OCH3 is 1. The summed E-state index contributed by atoms with van der Waals surface area (Å²) in [6.07, 6.45) is 0.931. The smallest absolute Gasteiger partial charge is 0.320 e. The summed E-state index contributed by atoms with van der Waals surface area (Å²) in [7, 11) is 1.66. The first-order valence-corrected chi connectivity index (χ1v) is 7.43. The molecule has 0 spiro atoms. The van der Waals surface area contributed by atoms with Crippen LogP contribution in [0.2, 0.25) is 0 Å². The number of carbonyl (C=O) groups is 2. The van der Waals surface area contributed by atoms with Gasteiger partial charge in [0.25, 0.3) is 0 Å². The van der Waals surface area contributed by atoms with Crippen molar-refractivity contribution in [1.82, 2.24) is 9.80 Å². The number of amides is 2. The van der Waals surface area contributed by atoms with E-state index in [4.69, 9.17) is 9.47 Å². The number of carboxylic acids is 1. The largest absolute Gasteiger partial charge is 0.481 e. The van der Waals surface area contributed by atoms with Gasteiger partial charge in [0.1, 0.15) is 5.92 Å². The number of likely N-dealkylation sites (tertiary alicyclic amines) is 1. The molecule has 0 saturated carbocycles. The van der Waals surface area contributed by atoms with Gasteiger partial charge in [0.2, 0.25) is 0 Å². The lowest BCUT2D eigenvalue weighted by atomic mass is 10.0. The molecule has 2 saturated heterocycles.